The lowest BCUT2D eigenvalue weighted by Gasteiger charge is -2.33. The molecule has 2 fully saturated rings. The van der Waals surface area contributed by atoms with E-state index in [1.54, 1.807) is 12.0 Å². The molecular formula is C25H39N3O6. The molecule has 1 saturated carbocycles. The molecule has 2 amide bonds. The fourth-order valence-electron chi connectivity index (χ4n) is 3.88. The third kappa shape index (κ3) is 7.48. The number of anilines is 1. The van der Waals surface area contributed by atoms with Gasteiger partial charge in [0, 0.05) is 37.7 Å². The van der Waals surface area contributed by atoms with Gasteiger partial charge in [-0.05, 0) is 73.3 Å². The summed E-state index contributed by atoms with van der Waals surface area (Å²) in [6.45, 7) is 12.3. The Morgan fingerprint density at radius 1 is 1.00 bits per heavy atom. The molecule has 9 nitrogen and oxygen atoms in total. The van der Waals surface area contributed by atoms with E-state index in [2.05, 4.69) is 5.32 Å². The summed E-state index contributed by atoms with van der Waals surface area (Å²) in [5.74, 6) is 0.991. The maximum atomic E-state index is 12.6. The van der Waals surface area contributed by atoms with Crippen LogP contribution in [0.2, 0.25) is 0 Å². The highest BCUT2D eigenvalue weighted by Gasteiger charge is 2.34. The Morgan fingerprint density at radius 3 is 2.15 bits per heavy atom. The predicted molar refractivity (Wildman–Crippen MR) is 128 cm³/mol. The molecule has 2 aliphatic rings. The number of piperidine rings is 1. The van der Waals surface area contributed by atoms with E-state index in [4.69, 9.17) is 23.9 Å². The van der Waals surface area contributed by atoms with Crippen LogP contribution in [0.5, 0.6) is 5.75 Å². The van der Waals surface area contributed by atoms with Gasteiger partial charge < -0.3 is 23.8 Å². The van der Waals surface area contributed by atoms with Crippen LogP contribution in [-0.2, 0) is 14.2 Å². The molecule has 1 aliphatic heterocycles. The molecular weight excluding hydrogens is 438 g/mol. The monoisotopic (exact) mass is 477 g/mol. The van der Waals surface area contributed by atoms with Crippen molar-refractivity contribution in [1.82, 2.24) is 9.88 Å². The van der Waals surface area contributed by atoms with Crippen molar-refractivity contribution in [3.8, 4) is 5.75 Å². The van der Waals surface area contributed by atoms with Gasteiger partial charge >= 0.3 is 12.2 Å². The van der Waals surface area contributed by atoms with Crippen molar-refractivity contribution >= 4 is 17.9 Å². The number of hydrogen-bond donors (Lipinski definition) is 1. The van der Waals surface area contributed by atoms with Gasteiger partial charge in [-0.3, -0.25) is 10.3 Å². The topological polar surface area (TPSA) is 99.2 Å². The zero-order valence-corrected chi connectivity index (χ0v) is 21.5. The molecule has 3 rings (SSSR count). The molecule has 34 heavy (non-hydrogen) atoms. The van der Waals surface area contributed by atoms with E-state index in [1.165, 1.54) is 0 Å². The van der Waals surface area contributed by atoms with E-state index in [-0.39, 0.29) is 18.8 Å². The molecule has 1 aromatic heterocycles. The molecule has 1 saturated heterocycles. The summed E-state index contributed by atoms with van der Waals surface area (Å²) in [7, 11) is 1.55. The minimum absolute atomic E-state index is 0.0536. The first-order valence-corrected chi connectivity index (χ1v) is 12.0. The van der Waals surface area contributed by atoms with Crippen LogP contribution in [0.1, 0.15) is 90.4 Å². The molecule has 0 bridgehead atoms. The molecule has 190 valence electrons. The Balaban J connectivity index is 1.82. The molecule has 1 aliphatic carbocycles. The first-order chi connectivity index (χ1) is 15.9. The zero-order chi connectivity index (χ0) is 25.1. The zero-order valence-electron chi connectivity index (χ0n) is 21.5. The number of aromatic nitrogens is 1. The van der Waals surface area contributed by atoms with E-state index < -0.39 is 17.3 Å². The number of amides is 2. The Morgan fingerprint density at radius 2 is 1.62 bits per heavy atom. The maximum absolute atomic E-state index is 12.6. The van der Waals surface area contributed by atoms with E-state index in [0.29, 0.717) is 30.4 Å². The normalized spacial score (nSPS) is 17.3. The van der Waals surface area contributed by atoms with Crippen LogP contribution in [-0.4, -0.2) is 60.3 Å². The van der Waals surface area contributed by atoms with Crippen LogP contribution in [0.25, 0.3) is 0 Å². The number of rotatable bonds is 6. The predicted octanol–water partition coefficient (Wildman–Crippen LogP) is 5.40. The maximum Gasteiger partial charge on any atom is 0.412 e. The van der Waals surface area contributed by atoms with Crippen LogP contribution in [0.4, 0.5) is 15.3 Å². The Bertz CT molecular complexity index is 878. The molecule has 1 N–H and O–H groups in total. The Hall–Kier alpha value is -2.55. The largest absolute Gasteiger partial charge is 0.463 e. The average molecular weight is 478 g/mol. The number of pyridine rings is 1. The SMILES string of the molecule is COCOc1c(NC(=O)OC(C)(C)C)cc(C2CCN(C(=O)OC(C)(C)C)CC2)nc1C1CC1. The Labute approximate surface area is 202 Å². The second-order valence-corrected chi connectivity index (χ2v) is 11.0. The van der Waals surface area contributed by atoms with E-state index in [1.807, 2.05) is 47.6 Å². The fraction of sp³-hybridized carbons (Fsp3) is 0.720. The number of methoxy groups -OCH3 is 1. The van der Waals surface area contributed by atoms with Gasteiger partial charge in [0.05, 0.1) is 11.4 Å². The quantitative estimate of drug-likeness (QED) is 0.547. The van der Waals surface area contributed by atoms with Gasteiger partial charge in [0.15, 0.2) is 12.5 Å². The van der Waals surface area contributed by atoms with Gasteiger partial charge in [-0.1, -0.05) is 0 Å². The second kappa shape index (κ2) is 10.4. The molecule has 2 heterocycles. The van der Waals surface area contributed by atoms with E-state index >= 15 is 0 Å². The molecule has 0 unspecified atom stereocenters. The minimum Gasteiger partial charge on any atom is -0.463 e. The third-order valence-electron chi connectivity index (χ3n) is 5.50. The van der Waals surface area contributed by atoms with E-state index in [0.717, 1.165) is 37.1 Å². The number of carbonyl (C=O) groups is 2. The first kappa shape index (κ1) is 26.1. The average Bonchev–Trinajstić information content (AvgIpc) is 3.55. The summed E-state index contributed by atoms with van der Waals surface area (Å²) in [6, 6.07) is 1.87. The lowest BCUT2D eigenvalue weighted by molar-refractivity contribution is 0.0203. The van der Waals surface area contributed by atoms with Gasteiger partial charge in [-0.15, -0.1) is 0 Å². The fourth-order valence-corrected chi connectivity index (χ4v) is 3.88. The van der Waals surface area contributed by atoms with Crippen LogP contribution < -0.4 is 10.1 Å². The summed E-state index contributed by atoms with van der Waals surface area (Å²) in [6.07, 6.45) is 2.76. The van der Waals surface area contributed by atoms with E-state index in [9.17, 15) is 9.59 Å². The van der Waals surface area contributed by atoms with Crippen molar-refractivity contribution in [2.24, 2.45) is 0 Å². The van der Waals surface area contributed by atoms with Gasteiger partial charge in [0.1, 0.15) is 11.2 Å². The number of hydrogen-bond acceptors (Lipinski definition) is 7. The van der Waals surface area contributed by atoms with Crippen molar-refractivity contribution in [1.29, 1.82) is 0 Å². The highest BCUT2D eigenvalue weighted by molar-refractivity contribution is 5.87. The molecule has 0 spiro atoms. The second-order valence-electron chi connectivity index (χ2n) is 11.0. The van der Waals surface area contributed by atoms with Gasteiger partial charge in [0.25, 0.3) is 0 Å². The lowest BCUT2D eigenvalue weighted by Crippen LogP contribution is -2.41. The summed E-state index contributed by atoms with van der Waals surface area (Å²) < 4.78 is 22.0. The smallest absolute Gasteiger partial charge is 0.412 e. The van der Waals surface area contributed by atoms with Crippen molar-refractivity contribution < 1.29 is 28.5 Å². The third-order valence-corrected chi connectivity index (χ3v) is 5.50. The van der Waals surface area contributed by atoms with Gasteiger partial charge in [-0.25, -0.2) is 9.59 Å². The number of carbonyl (C=O) groups excluding carboxylic acids is 2. The van der Waals surface area contributed by atoms with Crippen molar-refractivity contribution in [2.45, 2.75) is 90.3 Å². The van der Waals surface area contributed by atoms with Crippen molar-refractivity contribution in [2.75, 3.05) is 32.3 Å². The van der Waals surface area contributed by atoms with Gasteiger partial charge in [0.2, 0.25) is 0 Å². The molecule has 9 heteroatoms. The van der Waals surface area contributed by atoms with Crippen LogP contribution >= 0.6 is 0 Å². The number of nitrogens with one attached hydrogen (secondary N) is 1. The van der Waals surface area contributed by atoms with Gasteiger partial charge in [-0.2, -0.15) is 0 Å². The number of ether oxygens (including phenoxy) is 4. The molecule has 0 aromatic carbocycles. The van der Waals surface area contributed by atoms with Crippen LogP contribution in [0, 0.1) is 0 Å². The summed E-state index contributed by atoms with van der Waals surface area (Å²) in [4.78, 5) is 31.7. The van der Waals surface area contributed by atoms with Crippen LogP contribution in [0.3, 0.4) is 0 Å². The van der Waals surface area contributed by atoms with Crippen molar-refractivity contribution in [3.05, 3.63) is 17.5 Å². The molecule has 0 atom stereocenters. The molecule has 1 aromatic rings. The summed E-state index contributed by atoms with van der Waals surface area (Å²) >= 11 is 0. The summed E-state index contributed by atoms with van der Waals surface area (Å²) in [5.41, 5.74) is 1.13. The summed E-state index contributed by atoms with van der Waals surface area (Å²) in [5, 5.41) is 2.87. The van der Waals surface area contributed by atoms with Crippen LogP contribution in [0.15, 0.2) is 6.07 Å². The highest BCUT2D eigenvalue weighted by atomic mass is 16.7. The minimum atomic E-state index is -0.624. The Kier molecular flexibility index (Phi) is 7.95. The van der Waals surface area contributed by atoms with Crippen molar-refractivity contribution in [3.63, 3.8) is 0 Å². The number of nitrogens with zero attached hydrogens (tertiary/aromatic N) is 2. The molecule has 0 radical (unpaired) electrons. The highest BCUT2D eigenvalue weighted by Crippen LogP contribution is 2.47. The standard InChI is InChI=1S/C25H39N3O6/c1-24(2,3)33-22(29)27-19-14-18(26-20(17-8-9-17)21(19)32-15-31-7)16-10-12-28(13-11-16)23(30)34-25(4,5)6/h14,16-17H,8-13,15H2,1-7H3,(H,26,27,29). The first-order valence-electron chi connectivity index (χ1n) is 12.0. The number of likely N-dealkylation sites (tertiary alicyclic amines) is 1. The lowest BCUT2D eigenvalue weighted by atomic mass is 9.92.